The fourth-order valence-electron chi connectivity index (χ4n) is 2.47. The molecule has 0 unspecified atom stereocenters. The third kappa shape index (κ3) is 2.94. The van der Waals surface area contributed by atoms with Gasteiger partial charge in [-0.25, -0.2) is 9.61 Å². The lowest BCUT2D eigenvalue weighted by molar-refractivity contribution is 0.0779. The average molecular weight is 335 g/mol. The minimum Gasteiger partial charge on any atom is -0.336 e. The van der Waals surface area contributed by atoms with Crippen molar-refractivity contribution in [2.24, 2.45) is 0 Å². The summed E-state index contributed by atoms with van der Waals surface area (Å²) in [5.41, 5.74) is 2.61. The number of pyridine rings is 1. The molecule has 124 valence electrons. The Morgan fingerprint density at radius 1 is 1.12 bits per heavy atom. The number of hydrogen-bond donors (Lipinski definition) is 0. The fraction of sp³-hybridized carbons (Fsp3) is 0.125. The number of rotatable bonds is 4. The van der Waals surface area contributed by atoms with E-state index in [1.165, 1.54) is 12.7 Å². The number of carbonyl (C=O) groups excluding carboxylic acids is 1. The van der Waals surface area contributed by atoms with E-state index in [9.17, 15) is 4.79 Å². The van der Waals surface area contributed by atoms with Gasteiger partial charge in [0.05, 0.1) is 0 Å². The molecule has 4 rings (SSSR count). The monoisotopic (exact) mass is 335 g/mol. The van der Waals surface area contributed by atoms with Gasteiger partial charge in [0, 0.05) is 13.6 Å². The third-order valence-corrected chi connectivity index (χ3v) is 3.72. The van der Waals surface area contributed by atoms with E-state index in [1.54, 1.807) is 34.7 Å². The molecule has 9 nitrogen and oxygen atoms in total. The summed E-state index contributed by atoms with van der Waals surface area (Å²) >= 11 is 0. The molecule has 3 aromatic heterocycles. The van der Waals surface area contributed by atoms with Crippen molar-refractivity contribution in [3.8, 4) is 5.82 Å². The largest absolute Gasteiger partial charge is 0.336 e. The number of fused-ring (bicyclic) bond motifs is 1. The van der Waals surface area contributed by atoms with E-state index in [0.717, 1.165) is 5.56 Å². The first-order chi connectivity index (χ1) is 12.2. The van der Waals surface area contributed by atoms with E-state index in [0.29, 0.717) is 29.1 Å². The molecular formula is C16H13N7O2. The summed E-state index contributed by atoms with van der Waals surface area (Å²) < 4.78 is 6.33. The predicted molar refractivity (Wildman–Crippen MR) is 86.8 cm³/mol. The van der Waals surface area contributed by atoms with Crippen molar-refractivity contribution in [2.45, 2.75) is 6.54 Å². The van der Waals surface area contributed by atoms with Gasteiger partial charge in [0.15, 0.2) is 0 Å². The Hall–Kier alpha value is -3.62. The van der Waals surface area contributed by atoms with Crippen LogP contribution in [0.2, 0.25) is 0 Å². The van der Waals surface area contributed by atoms with E-state index in [4.69, 9.17) is 0 Å². The molecule has 0 aliphatic heterocycles. The number of nitrogens with zero attached hydrogens (tertiary/aromatic N) is 7. The second-order valence-electron chi connectivity index (χ2n) is 5.50. The summed E-state index contributed by atoms with van der Waals surface area (Å²) in [6.45, 7) is 0.417. The number of benzene rings is 1. The van der Waals surface area contributed by atoms with Crippen molar-refractivity contribution in [3.05, 3.63) is 60.3 Å². The average Bonchev–Trinajstić information content (AvgIpc) is 3.32. The Morgan fingerprint density at radius 2 is 1.92 bits per heavy atom. The maximum Gasteiger partial charge on any atom is 0.272 e. The highest BCUT2D eigenvalue weighted by Gasteiger charge is 2.15. The zero-order valence-corrected chi connectivity index (χ0v) is 13.3. The number of amides is 1. The van der Waals surface area contributed by atoms with Gasteiger partial charge in [0.25, 0.3) is 5.91 Å². The zero-order valence-electron chi connectivity index (χ0n) is 13.3. The SMILES string of the molecule is CN(Cc1ccc2nonc2c1)C(=O)c1cccc(-n2cnnc2)n1. The maximum atomic E-state index is 12.7. The Balaban J connectivity index is 1.54. The van der Waals surface area contributed by atoms with E-state index < -0.39 is 0 Å². The topological polar surface area (TPSA) is 103 Å². The molecule has 1 aromatic carbocycles. The van der Waals surface area contributed by atoms with Crippen LogP contribution in [0.5, 0.6) is 0 Å². The molecule has 0 radical (unpaired) electrons. The van der Waals surface area contributed by atoms with Crippen LogP contribution in [0.1, 0.15) is 16.1 Å². The molecule has 0 saturated heterocycles. The Morgan fingerprint density at radius 3 is 2.76 bits per heavy atom. The first-order valence-corrected chi connectivity index (χ1v) is 7.49. The molecular weight excluding hydrogens is 322 g/mol. The molecule has 0 N–H and O–H groups in total. The first kappa shape index (κ1) is 14.9. The second-order valence-corrected chi connectivity index (χ2v) is 5.50. The van der Waals surface area contributed by atoms with Gasteiger partial charge in [-0.3, -0.25) is 9.36 Å². The van der Waals surface area contributed by atoms with Gasteiger partial charge in [-0.1, -0.05) is 12.1 Å². The summed E-state index contributed by atoms with van der Waals surface area (Å²) in [5.74, 6) is 0.396. The lowest BCUT2D eigenvalue weighted by atomic mass is 10.2. The molecule has 9 heteroatoms. The molecule has 0 aliphatic rings. The molecule has 0 atom stereocenters. The quantitative estimate of drug-likeness (QED) is 0.556. The summed E-state index contributed by atoms with van der Waals surface area (Å²) in [6, 6.07) is 10.8. The van der Waals surface area contributed by atoms with E-state index in [1.807, 2.05) is 18.2 Å². The highest BCUT2D eigenvalue weighted by Crippen LogP contribution is 2.14. The Labute approximate surface area is 141 Å². The smallest absolute Gasteiger partial charge is 0.272 e. The van der Waals surface area contributed by atoms with Gasteiger partial charge in [-0.05, 0) is 40.1 Å². The van der Waals surface area contributed by atoms with Gasteiger partial charge in [-0.2, -0.15) is 0 Å². The minimum atomic E-state index is -0.187. The highest BCUT2D eigenvalue weighted by atomic mass is 16.6. The Bertz CT molecular complexity index is 1030. The molecule has 0 saturated carbocycles. The number of hydrogen-bond acceptors (Lipinski definition) is 7. The van der Waals surface area contributed by atoms with Crippen molar-refractivity contribution in [3.63, 3.8) is 0 Å². The third-order valence-electron chi connectivity index (χ3n) is 3.72. The summed E-state index contributed by atoms with van der Waals surface area (Å²) in [6.07, 6.45) is 3.06. The van der Waals surface area contributed by atoms with Crippen molar-refractivity contribution >= 4 is 16.9 Å². The van der Waals surface area contributed by atoms with Gasteiger partial charge >= 0.3 is 0 Å². The van der Waals surface area contributed by atoms with Crippen LogP contribution in [-0.4, -0.2) is 47.9 Å². The molecule has 0 bridgehead atoms. The van der Waals surface area contributed by atoms with Crippen LogP contribution < -0.4 is 0 Å². The van der Waals surface area contributed by atoms with E-state index >= 15 is 0 Å². The van der Waals surface area contributed by atoms with E-state index in [-0.39, 0.29) is 5.91 Å². The van der Waals surface area contributed by atoms with Crippen LogP contribution >= 0.6 is 0 Å². The molecule has 25 heavy (non-hydrogen) atoms. The van der Waals surface area contributed by atoms with Gasteiger partial charge in [0.1, 0.15) is 35.2 Å². The standard InChI is InChI=1S/C16H13N7O2/c1-22(8-11-5-6-12-14(7-11)21-25-20-12)16(24)13-3-2-4-15(19-13)23-9-17-18-10-23/h2-7,9-10H,8H2,1H3. The van der Waals surface area contributed by atoms with E-state index in [2.05, 4.69) is 30.1 Å². The zero-order chi connectivity index (χ0) is 17.2. The van der Waals surface area contributed by atoms with Crippen molar-refractivity contribution in [2.75, 3.05) is 7.05 Å². The van der Waals surface area contributed by atoms with Crippen LogP contribution in [0.15, 0.2) is 53.7 Å². The first-order valence-electron chi connectivity index (χ1n) is 7.49. The minimum absolute atomic E-state index is 0.187. The number of aromatic nitrogens is 6. The molecule has 0 fully saturated rings. The molecule has 0 spiro atoms. The summed E-state index contributed by atoms with van der Waals surface area (Å²) in [4.78, 5) is 18.6. The van der Waals surface area contributed by atoms with Gasteiger partial charge in [-0.15, -0.1) is 10.2 Å². The van der Waals surface area contributed by atoms with Crippen LogP contribution in [-0.2, 0) is 6.54 Å². The van der Waals surface area contributed by atoms with Crippen molar-refractivity contribution < 1.29 is 9.42 Å². The fourth-order valence-corrected chi connectivity index (χ4v) is 2.47. The lowest BCUT2D eigenvalue weighted by Gasteiger charge is -2.17. The van der Waals surface area contributed by atoms with Gasteiger partial charge < -0.3 is 4.90 Å². The van der Waals surface area contributed by atoms with Crippen molar-refractivity contribution in [1.29, 1.82) is 0 Å². The highest BCUT2D eigenvalue weighted by molar-refractivity contribution is 5.92. The molecule has 1 amide bonds. The van der Waals surface area contributed by atoms with Crippen LogP contribution in [0.3, 0.4) is 0 Å². The van der Waals surface area contributed by atoms with Crippen molar-refractivity contribution in [1.82, 2.24) is 35.0 Å². The maximum absolute atomic E-state index is 12.7. The van der Waals surface area contributed by atoms with Crippen LogP contribution in [0.4, 0.5) is 0 Å². The van der Waals surface area contributed by atoms with Crippen LogP contribution in [0.25, 0.3) is 16.9 Å². The molecule has 4 aromatic rings. The lowest BCUT2D eigenvalue weighted by Crippen LogP contribution is -2.27. The van der Waals surface area contributed by atoms with Gasteiger partial charge in [0.2, 0.25) is 0 Å². The Kier molecular flexibility index (Phi) is 3.65. The second kappa shape index (κ2) is 6.11. The summed E-state index contributed by atoms with van der Waals surface area (Å²) in [7, 11) is 1.72. The molecule has 3 heterocycles. The summed E-state index contributed by atoms with van der Waals surface area (Å²) in [5, 5.41) is 15.1. The number of carbonyl (C=O) groups is 1. The normalized spacial score (nSPS) is 10.9. The molecule has 0 aliphatic carbocycles. The predicted octanol–water partition coefficient (Wildman–Crippen LogP) is 1.47. The van der Waals surface area contributed by atoms with Crippen LogP contribution in [0, 0.1) is 0 Å².